The molecule has 2 aromatic heterocycles. The first-order valence-corrected chi connectivity index (χ1v) is 8.84. The van der Waals surface area contributed by atoms with Crippen LogP contribution in [0.2, 0.25) is 0 Å². The Hall–Kier alpha value is -2.02. The number of rotatable bonds is 5. The molecule has 4 rings (SSSR count). The van der Waals surface area contributed by atoms with Gasteiger partial charge >= 0.3 is 0 Å². The molecule has 0 atom stereocenters. The average molecular weight is 348 g/mol. The molecule has 0 bridgehead atoms. The molecule has 7 heteroatoms. The van der Waals surface area contributed by atoms with E-state index >= 15 is 0 Å². The van der Waals surface area contributed by atoms with Gasteiger partial charge in [-0.2, -0.15) is 5.10 Å². The number of halogens is 2. The zero-order valence-corrected chi connectivity index (χ0v) is 14.0. The minimum atomic E-state index is -2.54. The summed E-state index contributed by atoms with van der Waals surface area (Å²) in [5, 5.41) is 17.3. The van der Waals surface area contributed by atoms with Crippen LogP contribution in [0.1, 0.15) is 55.7 Å². The van der Waals surface area contributed by atoms with E-state index in [1.807, 2.05) is 12.3 Å². The molecule has 25 heavy (non-hydrogen) atoms. The maximum Gasteiger partial charge on any atom is 0.248 e. The van der Waals surface area contributed by atoms with Crippen molar-refractivity contribution in [3.8, 4) is 5.82 Å². The maximum atomic E-state index is 13.3. The van der Waals surface area contributed by atoms with Crippen LogP contribution in [0.3, 0.4) is 0 Å². The topological polar surface area (TPSA) is 63.0 Å². The molecular weight excluding hydrogens is 326 g/mol. The van der Waals surface area contributed by atoms with E-state index in [9.17, 15) is 13.9 Å². The first-order chi connectivity index (χ1) is 12.0. The van der Waals surface area contributed by atoms with Crippen LogP contribution in [0.25, 0.3) is 5.82 Å². The van der Waals surface area contributed by atoms with Crippen molar-refractivity contribution >= 4 is 5.82 Å². The summed E-state index contributed by atoms with van der Waals surface area (Å²) in [6, 6.07) is 5.54. The Balaban J connectivity index is 1.53. The Morgan fingerprint density at radius 2 is 1.96 bits per heavy atom. The monoisotopic (exact) mass is 348 g/mol. The second-order valence-electron chi connectivity index (χ2n) is 7.11. The molecule has 2 fully saturated rings. The van der Waals surface area contributed by atoms with E-state index in [1.165, 1.54) is 12.8 Å². The van der Waals surface area contributed by atoms with Crippen molar-refractivity contribution < 1.29 is 13.9 Å². The molecule has 0 spiro atoms. The van der Waals surface area contributed by atoms with Gasteiger partial charge < -0.3 is 10.4 Å². The SMILES string of the molecule is OCc1cc(NC2CCC(F)(F)CC2)nc(-n2ccc(C3CC3)n2)c1. The molecule has 2 N–H and O–H groups in total. The van der Waals surface area contributed by atoms with Crippen LogP contribution in [-0.2, 0) is 6.61 Å². The van der Waals surface area contributed by atoms with Gasteiger partial charge in [0.05, 0.1) is 12.3 Å². The molecule has 0 unspecified atom stereocenters. The lowest BCUT2D eigenvalue weighted by Gasteiger charge is -2.29. The van der Waals surface area contributed by atoms with E-state index < -0.39 is 5.92 Å². The predicted octanol–water partition coefficient (Wildman–Crippen LogP) is 3.63. The van der Waals surface area contributed by atoms with Crippen LogP contribution in [0.4, 0.5) is 14.6 Å². The molecule has 2 saturated carbocycles. The van der Waals surface area contributed by atoms with Gasteiger partial charge in [0.25, 0.3) is 0 Å². The van der Waals surface area contributed by atoms with Crippen molar-refractivity contribution in [2.24, 2.45) is 0 Å². The van der Waals surface area contributed by atoms with Gasteiger partial charge in [-0.25, -0.2) is 18.4 Å². The summed E-state index contributed by atoms with van der Waals surface area (Å²) >= 11 is 0. The highest BCUT2D eigenvalue weighted by atomic mass is 19.3. The van der Waals surface area contributed by atoms with Crippen molar-refractivity contribution in [2.45, 2.75) is 63.0 Å². The summed E-state index contributed by atoms with van der Waals surface area (Å²) in [4.78, 5) is 4.57. The summed E-state index contributed by atoms with van der Waals surface area (Å²) < 4.78 is 28.3. The van der Waals surface area contributed by atoms with E-state index in [0.29, 0.717) is 30.4 Å². The van der Waals surface area contributed by atoms with Crippen molar-refractivity contribution in [1.29, 1.82) is 0 Å². The van der Waals surface area contributed by atoms with Gasteiger partial charge in [0.1, 0.15) is 5.82 Å². The molecule has 2 heterocycles. The fourth-order valence-electron chi connectivity index (χ4n) is 3.31. The summed E-state index contributed by atoms with van der Waals surface area (Å²) in [6.45, 7) is -0.107. The summed E-state index contributed by atoms with van der Waals surface area (Å²) in [5.41, 5.74) is 1.79. The lowest BCUT2D eigenvalue weighted by Crippen LogP contribution is -2.32. The van der Waals surface area contributed by atoms with Gasteiger partial charge in [0.2, 0.25) is 5.92 Å². The number of aliphatic hydroxyl groups is 1. The molecule has 134 valence electrons. The fraction of sp³-hybridized carbons (Fsp3) is 0.556. The number of hydrogen-bond acceptors (Lipinski definition) is 4. The first-order valence-electron chi connectivity index (χ1n) is 8.84. The zero-order valence-electron chi connectivity index (χ0n) is 14.0. The van der Waals surface area contributed by atoms with Crippen LogP contribution in [0.5, 0.6) is 0 Å². The van der Waals surface area contributed by atoms with Crippen LogP contribution in [0, 0.1) is 0 Å². The molecule has 2 aliphatic carbocycles. The van der Waals surface area contributed by atoms with E-state index in [-0.39, 0.29) is 25.5 Å². The molecule has 5 nitrogen and oxygen atoms in total. The first kappa shape index (κ1) is 16.4. The maximum absolute atomic E-state index is 13.3. The summed E-state index contributed by atoms with van der Waals surface area (Å²) in [6.07, 6.45) is 4.88. The Bertz CT molecular complexity index is 747. The number of nitrogens with one attached hydrogen (secondary N) is 1. The summed E-state index contributed by atoms with van der Waals surface area (Å²) in [7, 11) is 0. The summed E-state index contributed by atoms with van der Waals surface area (Å²) in [5.74, 6) is -0.760. The fourth-order valence-corrected chi connectivity index (χ4v) is 3.31. The molecular formula is C18H22F2N4O. The lowest BCUT2D eigenvalue weighted by atomic mass is 9.92. The molecule has 0 amide bonds. The minimum Gasteiger partial charge on any atom is -0.392 e. The average Bonchev–Trinajstić information content (AvgIpc) is 3.33. The number of pyridine rings is 1. The van der Waals surface area contributed by atoms with Crippen molar-refractivity contribution in [3.63, 3.8) is 0 Å². The van der Waals surface area contributed by atoms with Gasteiger partial charge in [-0.15, -0.1) is 0 Å². The van der Waals surface area contributed by atoms with Gasteiger partial charge in [-0.3, -0.25) is 0 Å². The minimum absolute atomic E-state index is 0.0198. The van der Waals surface area contributed by atoms with Crippen LogP contribution in [-0.4, -0.2) is 31.8 Å². The number of aromatic nitrogens is 3. The number of aliphatic hydroxyl groups excluding tert-OH is 1. The molecule has 0 radical (unpaired) electrons. The number of alkyl halides is 2. The van der Waals surface area contributed by atoms with E-state index in [4.69, 9.17) is 0 Å². The molecule has 0 aliphatic heterocycles. The van der Waals surface area contributed by atoms with Gasteiger partial charge in [-0.1, -0.05) is 0 Å². The number of anilines is 1. The molecule has 0 saturated heterocycles. The van der Waals surface area contributed by atoms with Crippen LogP contribution in [0.15, 0.2) is 24.4 Å². The third kappa shape index (κ3) is 3.81. The molecule has 0 aromatic carbocycles. The number of nitrogens with zero attached hydrogens (tertiary/aromatic N) is 3. The van der Waals surface area contributed by atoms with E-state index in [2.05, 4.69) is 15.4 Å². The van der Waals surface area contributed by atoms with Crippen molar-refractivity contribution in [3.05, 3.63) is 35.7 Å². The van der Waals surface area contributed by atoms with Gasteiger partial charge in [0.15, 0.2) is 5.82 Å². The molecule has 2 aromatic rings. The predicted molar refractivity (Wildman–Crippen MR) is 90.1 cm³/mol. The number of hydrogen-bond donors (Lipinski definition) is 2. The Kier molecular flexibility index (Phi) is 4.19. The Labute approximate surface area is 145 Å². The van der Waals surface area contributed by atoms with Crippen molar-refractivity contribution in [2.75, 3.05) is 5.32 Å². The van der Waals surface area contributed by atoms with E-state index in [0.717, 1.165) is 11.3 Å². The second-order valence-corrected chi connectivity index (χ2v) is 7.11. The van der Waals surface area contributed by atoms with Crippen LogP contribution < -0.4 is 5.32 Å². The van der Waals surface area contributed by atoms with E-state index in [1.54, 1.807) is 16.8 Å². The Morgan fingerprint density at radius 3 is 2.64 bits per heavy atom. The largest absolute Gasteiger partial charge is 0.392 e. The molecule has 2 aliphatic rings. The highest BCUT2D eigenvalue weighted by Gasteiger charge is 2.35. The second kappa shape index (κ2) is 6.37. The smallest absolute Gasteiger partial charge is 0.248 e. The highest BCUT2D eigenvalue weighted by molar-refractivity contribution is 5.44. The van der Waals surface area contributed by atoms with Gasteiger partial charge in [-0.05, 0) is 49.4 Å². The Morgan fingerprint density at radius 1 is 1.20 bits per heavy atom. The van der Waals surface area contributed by atoms with Crippen LogP contribution >= 0.6 is 0 Å². The normalized spacial score (nSPS) is 20.6. The lowest BCUT2D eigenvalue weighted by molar-refractivity contribution is -0.0361. The third-order valence-corrected chi connectivity index (χ3v) is 4.96. The third-order valence-electron chi connectivity index (χ3n) is 4.96. The van der Waals surface area contributed by atoms with Gasteiger partial charge in [0, 0.05) is 31.0 Å². The zero-order chi connectivity index (χ0) is 17.4. The quantitative estimate of drug-likeness (QED) is 0.866. The standard InChI is InChI=1S/C18H22F2N4O/c19-18(20)6-3-14(4-7-18)21-16-9-12(11-25)10-17(22-16)24-8-5-15(23-24)13-1-2-13/h5,8-10,13-14,25H,1-4,6-7,11H2,(H,21,22). The highest BCUT2D eigenvalue weighted by Crippen LogP contribution is 2.39. The van der Waals surface area contributed by atoms with Crippen molar-refractivity contribution in [1.82, 2.24) is 14.8 Å².